The number of hydrogen-bond donors (Lipinski definition) is 0. The van der Waals surface area contributed by atoms with Crippen LogP contribution in [0, 0.1) is 25.7 Å². The summed E-state index contributed by atoms with van der Waals surface area (Å²) in [7, 11) is 0. The number of carbonyl (C=O) groups excluding carboxylic acids is 2. The summed E-state index contributed by atoms with van der Waals surface area (Å²) in [5.41, 5.74) is 4.31. The second kappa shape index (κ2) is 4.86. The number of rotatable bonds is 1. The van der Waals surface area contributed by atoms with Crippen molar-refractivity contribution in [2.75, 3.05) is 0 Å². The predicted molar refractivity (Wildman–Crippen MR) is 77.0 cm³/mol. The zero-order chi connectivity index (χ0) is 15.3. The zero-order valence-electron chi connectivity index (χ0n) is 12.9. The second-order valence-electron chi connectivity index (χ2n) is 6.15. The van der Waals surface area contributed by atoms with E-state index in [-0.39, 0.29) is 29.9 Å². The highest BCUT2D eigenvalue weighted by Gasteiger charge is 2.46. The number of fused-ring (bicyclic) bond motifs is 3. The van der Waals surface area contributed by atoms with E-state index in [1.54, 1.807) is 0 Å². The first-order chi connectivity index (χ1) is 9.90. The second-order valence-corrected chi connectivity index (χ2v) is 6.15. The molecule has 1 aromatic carbocycles. The normalized spacial score (nSPS) is 26.9. The number of ether oxygens (including phenoxy) is 2. The minimum atomic E-state index is -0.332. The van der Waals surface area contributed by atoms with E-state index in [1.165, 1.54) is 12.5 Å². The molecule has 0 spiro atoms. The van der Waals surface area contributed by atoms with E-state index in [9.17, 15) is 9.59 Å². The Bertz CT molecular complexity index is 632. The number of esters is 2. The van der Waals surface area contributed by atoms with E-state index < -0.39 is 0 Å². The molecule has 2 aliphatic rings. The Labute approximate surface area is 124 Å². The summed E-state index contributed by atoms with van der Waals surface area (Å²) in [5, 5.41) is 0. The Morgan fingerprint density at radius 1 is 1.38 bits per heavy atom. The Morgan fingerprint density at radius 3 is 2.76 bits per heavy atom. The van der Waals surface area contributed by atoms with Gasteiger partial charge in [-0.3, -0.25) is 9.59 Å². The van der Waals surface area contributed by atoms with Crippen LogP contribution in [0.25, 0.3) is 0 Å². The van der Waals surface area contributed by atoms with Crippen molar-refractivity contribution in [3.63, 3.8) is 0 Å². The van der Waals surface area contributed by atoms with Crippen molar-refractivity contribution in [1.82, 2.24) is 0 Å². The van der Waals surface area contributed by atoms with Crippen molar-refractivity contribution in [2.24, 2.45) is 11.8 Å². The Kier molecular flexibility index (Phi) is 3.27. The van der Waals surface area contributed by atoms with Crippen LogP contribution in [0.4, 0.5) is 0 Å². The molecule has 0 N–H and O–H groups in total. The van der Waals surface area contributed by atoms with Crippen LogP contribution in [0.1, 0.15) is 48.6 Å². The van der Waals surface area contributed by atoms with Crippen LogP contribution in [0.3, 0.4) is 0 Å². The van der Waals surface area contributed by atoms with Crippen LogP contribution < -0.4 is 4.74 Å². The largest absolute Gasteiger partial charge is 0.457 e. The molecular weight excluding hydrogens is 268 g/mol. The van der Waals surface area contributed by atoms with E-state index in [1.807, 2.05) is 26.8 Å². The molecule has 112 valence electrons. The van der Waals surface area contributed by atoms with Gasteiger partial charge < -0.3 is 9.47 Å². The third-order valence-electron chi connectivity index (χ3n) is 4.83. The van der Waals surface area contributed by atoms with Gasteiger partial charge in [0, 0.05) is 18.4 Å². The van der Waals surface area contributed by atoms with Crippen LogP contribution in [0.15, 0.2) is 6.07 Å². The fourth-order valence-electron chi connectivity index (χ4n) is 3.68. The average molecular weight is 288 g/mol. The molecule has 0 saturated carbocycles. The van der Waals surface area contributed by atoms with Crippen molar-refractivity contribution < 1.29 is 19.1 Å². The van der Waals surface area contributed by atoms with E-state index in [2.05, 4.69) is 0 Å². The van der Waals surface area contributed by atoms with Gasteiger partial charge in [0.1, 0.15) is 11.9 Å². The standard InChI is InChI=1S/C17H20O4/c1-8-7-14(20-11(4)18)10(3)15-12(8)5-6-13-9(2)17(19)21-16(13)15/h7,9,13,16H,5-6H2,1-4H3/t9-,13-,16+/m0/s1. The summed E-state index contributed by atoms with van der Waals surface area (Å²) < 4.78 is 10.9. The monoisotopic (exact) mass is 288 g/mol. The maximum Gasteiger partial charge on any atom is 0.309 e. The van der Waals surface area contributed by atoms with E-state index in [0.29, 0.717) is 5.75 Å². The molecule has 1 fully saturated rings. The predicted octanol–water partition coefficient (Wildman–Crippen LogP) is 3.03. The minimum absolute atomic E-state index is 0.0553. The third kappa shape index (κ3) is 2.13. The zero-order valence-corrected chi connectivity index (χ0v) is 12.9. The lowest BCUT2D eigenvalue weighted by Crippen LogP contribution is -2.23. The first-order valence-electron chi connectivity index (χ1n) is 7.42. The van der Waals surface area contributed by atoms with Gasteiger partial charge in [-0.05, 0) is 49.4 Å². The van der Waals surface area contributed by atoms with Gasteiger partial charge >= 0.3 is 11.9 Å². The molecule has 4 heteroatoms. The number of aryl methyl sites for hydroxylation is 1. The summed E-state index contributed by atoms with van der Waals surface area (Å²) in [6.45, 7) is 7.30. The summed E-state index contributed by atoms with van der Waals surface area (Å²) in [6, 6.07) is 1.91. The Morgan fingerprint density at radius 2 is 2.10 bits per heavy atom. The molecule has 0 bridgehead atoms. The fraction of sp³-hybridized carbons (Fsp3) is 0.529. The van der Waals surface area contributed by atoms with Gasteiger partial charge in [-0.2, -0.15) is 0 Å². The van der Waals surface area contributed by atoms with Gasteiger partial charge in [-0.25, -0.2) is 0 Å². The van der Waals surface area contributed by atoms with Gasteiger partial charge in [0.25, 0.3) is 0 Å². The highest BCUT2D eigenvalue weighted by molar-refractivity contribution is 5.76. The molecule has 1 saturated heterocycles. The third-order valence-corrected chi connectivity index (χ3v) is 4.83. The smallest absolute Gasteiger partial charge is 0.309 e. The SMILES string of the molecule is CC(=O)Oc1cc(C)c2c(c1C)[C@@H]1OC(=O)[C@@H](C)[C@@H]1CC2. The van der Waals surface area contributed by atoms with Crippen LogP contribution in [0.2, 0.25) is 0 Å². The molecule has 1 aromatic rings. The molecule has 3 rings (SSSR count). The summed E-state index contributed by atoms with van der Waals surface area (Å²) in [5.74, 6) is 0.306. The van der Waals surface area contributed by atoms with E-state index >= 15 is 0 Å². The van der Waals surface area contributed by atoms with Gasteiger partial charge in [-0.15, -0.1) is 0 Å². The van der Waals surface area contributed by atoms with Crippen molar-refractivity contribution in [3.8, 4) is 5.75 Å². The van der Waals surface area contributed by atoms with Gasteiger partial charge in [0.2, 0.25) is 0 Å². The molecule has 1 heterocycles. The van der Waals surface area contributed by atoms with Crippen molar-refractivity contribution in [2.45, 2.75) is 46.6 Å². The van der Waals surface area contributed by atoms with Gasteiger partial charge in [0.15, 0.2) is 0 Å². The lowest BCUT2D eigenvalue weighted by Gasteiger charge is -2.31. The van der Waals surface area contributed by atoms with Crippen molar-refractivity contribution >= 4 is 11.9 Å². The Hall–Kier alpha value is -1.84. The van der Waals surface area contributed by atoms with Crippen LogP contribution in [0.5, 0.6) is 5.75 Å². The summed E-state index contributed by atoms with van der Waals surface area (Å²) >= 11 is 0. The highest BCUT2D eigenvalue weighted by Crippen LogP contribution is 2.49. The Balaban J connectivity index is 2.13. The van der Waals surface area contributed by atoms with E-state index in [0.717, 1.165) is 29.5 Å². The van der Waals surface area contributed by atoms with Crippen LogP contribution in [-0.2, 0) is 20.7 Å². The maximum atomic E-state index is 11.9. The number of benzene rings is 1. The van der Waals surface area contributed by atoms with Gasteiger partial charge in [-0.1, -0.05) is 6.92 Å². The molecule has 0 aromatic heterocycles. The van der Waals surface area contributed by atoms with Gasteiger partial charge in [0.05, 0.1) is 5.92 Å². The number of hydrogen-bond acceptors (Lipinski definition) is 4. The van der Waals surface area contributed by atoms with E-state index in [4.69, 9.17) is 9.47 Å². The quantitative estimate of drug-likeness (QED) is 0.589. The first kappa shape index (κ1) is 14.1. The molecule has 0 unspecified atom stereocenters. The molecule has 4 nitrogen and oxygen atoms in total. The molecule has 21 heavy (non-hydrogen) atoms. The summed E-state index contributed by atoms with van der Waals surface area (Å²) in [4.78, 5) is 23.2. The molecule has 0 amide bonds. The molecule has 1 aliphatic heterocycles. The minimum Gasteiger partial charge on any atom is -0.457 e. The lowest BCUT2D eigenvalue weighted by atomic mass is 9.74. The molecule has 1 aliphatic carbocycles. The highest BCUT2D eigenvalue weighted by atomic mass is 16.6. The fourth-order valence-corrected chi connectivity index (χ4v) is 3.68. The van der Waals surface area contributed by atoms with Crippen molar-refractivity contribution in [1.29, 1.82) is 0 Å². The topological polar surface area (TPSA) is 52.6 Å². The number of carbonyl (C=O) groups is 2. The maximum absolute atomic E-state index is 11.9. The molecule has 0 radical (unpaired) electrons. The lowest BCUT2D eigenvalue weighted by molar-refractivity contribution is -0.144. The van der Waals surface area contributed by atoms with Crippen molar-refractivity contribution in [3.05, 3.63) is 28.3 Å². The first-order valence-corrected chi connectivity index (χ1v) is 7.42. The van der Waals surface area contributed by atoms with Crippen LogP contribution >= 0.6 is 0 Å². The average Bonchev–Trinajstić information content (AvgIpc) is 2.70. The summed E-state index contributed by atoms with van der Waals surface area (Å²) in [6.07, 6.45) is 1.73. The molecule has 3 atom stereocenters. The van der Waals surface area contributed by atoms with Crippen LogP contribution in [-0.4, -0.2) is 11.9 Å². The molecular formula is C17H20O4.